The molecule has 3 N–H and O–H groups in total. The Morgan fingerprint density at radius 1 is 1.30 bits per heavy atom. The van der Waals surface area contributed by atoms with Crippen molar-refractivity contribution in [3.63, 3.8) is 0 Å². The number of likely N-dealkylation sites (tertiary alicyclic amines) is 1. The molecule has 1 aromatic rings. The molecule has 5 nitrogen and oxygen atoms in total. The summed E-state index contributed by atoms with van der Waals surface area (Å²) in [5.74, 6) is 7.66. The summed E-state index contributed by atoms with van der Waals surface area (Å²) in [6.45, 7) is 3.10. The Balaban J connectivity index is 1.58. The van der Waals surface area contributed by atoms with Crippen LogP contribution in [0, 0.1) is 11.8 Å². The van der Waals surface area contributed by atoms with Gasteiger partial charge in [0.05, 0.1) is 6.54 Å². The van der Waals surface area contributed by atoms with Crippen molar-refractivity contribution in [1.82, 2.24) is 10.3 Å². The fourth-order valence-electron chi connectivity index (χ4n) is 3.70. The van der Waals surface area contributed by atoms with E-state index in [9.17, 15) is 4.79 Å². The zero-order valence-electron chi connectivity index (χ0n) is 11.8. The van der Waals surface area contributed by atoms with E-state index in [1.165, 1.54) is 38.6 Å². The van der Waals surface area contributed by atoms with Gasteiger partial charge in [0.2, 0.25) is 0 Å². The van der Waals surface area contributed by atoms with Gasteiger partial charge in [-0.2, -0.15) is 0 Å². The van der Waals surface area contributed by atoms with E-state index < -0.39 is 0 Å². The molecule has 20 heavy (non-hydrogen) atoms. The first-order valence-electron chi connectivity index (χ1n) is 7.58. The lowest BCUT2D eigenvalue weighted by Crippen LogP contribution is -2.41. The SMILES string of the molecule is NNC(=O)c1ccc(CN2CCC3CCCCC3C2)o1. The molecule has 0 bridgehead atoms. The van der Waals surface area contributed by atoms with E-state index in [2.05, 4.69) is 10.3 Å². The largest absolute Gasteiger partial charge is 0.455 e. The first-order valence-corrected chi connectivity index (χ1v) is 7.58. The topological polar surface area (TPSA) is 71.5 Å². The molecule has 2 atom stereocenters. The summed E-state index contributed by atoms with van der Waals surface area (Å²) in [6, 6.07) is 3.56. The first kappa shape index (κ1) is 13.6. The zero-order valence-corrected chi connectivity index (χ0v) is 11.8. The molecule has 110 valence electrons. The third-order valence-electron chi connectivity index (χ3n) is 4.77. The summed E-state index contributed by atoms with van der Waals surface area (Å²) in [4.78, 5) is 13.8. The van der Waals surface area contributed by atoms with E-state index in [4.69, 9.17) is 10.3 Å². The van der Waals surface area contributed by atoms with Crippen molar-refractivity contribution in [2.75, 3.05) is 13.1 Å². The standard InChI is InChI=1S/C15H23N3O2/c16-17-15(19)14-6-5-13(20-14)10-18-8-7-11-3-1-2-4-12(11)9-18/h5-6,11-12H,1-4,7-10,16H2,(H,17,19). The third kappa shape index (κ3) is 2.88. The quantitative estimate of drug-likeness (QED) is 0.503. The van der Waals surface area contributed by atoms with Crippen LogP contribution in [-0.4, -0.2) is 23.9 Å². The van der Waals surface area contributed by atoms with Gasteiger partial charge in [-0.3, -0.25) is 15.1 Å². The maximum absolute atomic E-state index is 11.4. The van der Waals surface area contributed by atoms with Gasteiger partial charge in [-0.25, -0.2) is 5.84 Å². The second kappa shape index (κ2) is 5.97. The molecular formula is C15H23N3O2. The van der Waals surface area contributed by atoms with Crippen LogP contribution in [0.15, 0.2) is 16.5 Å². The second-order valence-corrected chi connectivity index (χ2v) is 6.07. The number of nitrogens with two attached hydrogens (primary N) is 1. The number of amides is 1. The van der Waals surface area contributed by atoms with Crippen LogP contribution >= 0.6 is 0 Å². The Morgan fingerprint density at radius 2 is 2.10 bits per heavy atom. The van der Waals surface area contributed by atoms with Crippen LogP contribution < -0.4 is 11.3 Å². The number of fused-ring (bicyclic) bond motifs is 1. The van der Waals surface area contributed by atoms with Gasteiger partial charge in [0.15, 0.2) is 5.76 Å². The molecule has 2 unspecified atom stereocenters. The molecule has 3 rings (SSSR count). The number of hydrogen-bond acceptors (Lipinski definition) is 4. The predicted molar refractivity (Wildman–Crippen MR) is 75.7 cm³/mol. The molecule has 1 saturated carbocycles. The van der Waals surface area contributed by atoms with Crippen molar-refractivity contribution in [3.05, 3.63) is 23.7 Å². The number of hydrazine groups is 1. The lowest BCUT2D eigenvalue weighted by molar-refractivity contribution is 0.0763. The number of carbonyl (C=O) groups is 1. The van der Waals surface area contributed by atoms with Crippen molar-refractivity contribution < 1.29 is 9.21 Å². The average molecular weight is 277 g/mol. The lowest BCUT2D eigenvalue weighted by Gasteiger charge is -2.41. The molecule has 2 fully saturated rings. The van der Waals surface area contributed by atoms with Crippen LogP contribution in [0.3, 0.4) is 0 Å². The molecule has 0 radical (unpaired) electrons. The minimum absolute atomic E-state index is 0.287. The third-order valence-corrected chi connectivity index (χ3v) is 4.77. The lowest BCUT2D eigenvalue weighted by atomic mass is 9.75. The summed E-state index contributed by atoms with van der Waals surface area (Å²) in [7, 11) is 0. The number of hydrogen-bond donors (Lipinski definition) is 2. The number of piperidine rings is 1. The highest BCUT2D eigenvalue weighted by molar-refractivity contribution is 5.90. The predicted octanol–water partition coefficient (Wildman–Crippen LogP) is 1.90. The van der Waals surface area contributed by atoms with Gasteiger partial charge in [-0.1, -0.05) is 19.3 Å². The Bertz CT molecular complexity index is 471. The van der Waals surface area contributed by atoms with Gasteiger partial charge in [-0.05, 0) is 43.4 Å². The van der Waals surface area contributed by atoms with Gasteiger partial charge < -0.3 is 4.42 Å². The van der Waals surface area contributed by atoms with Crippen molar-refractivity contribution in [2.45, 2.75) is 38.6 Å². The maximum atomic E-state index is 11.4. The molecule has 1 aliphatic carbocycles. The van der Waals surface area contributed by atoms with Crippen molar-refractivity contribution in [3.8, 4) is 0 Å². The zero-order chi connectivity index (χ0) is 13.9. The molecule has 0 spiro atoms. The van der Waals surface area contributed by atoms with Crippen LogP contribution in [0.25, 0.3) is 0 Å². The monoisotopic (exact) mass is 277 g/mol. The highest BCUT2D eigenvalue weighted by atomic mass is 16.4. The van der Waals surface area contributed by atoms with E-state index >= 15 is 0 Å². The summed E-state index contributed by atoms with van der Waals surface area (Å²) >= 11 is 0. The molecule has 1 aliphatic heterocycles. The van der Waals surface area contributed by atoms with E-state index in [1.54, 1.807) is 6.07 Å². The van der Waals surface area contributed by atoms with Crippen molar-refractivity contribution in [1.29, 1.82) is 0 Å². The highest BCUT2D eigenvalue weighted by Crippen LogP contribution is 2.36. The fraction of sp³-hybridized carbons (Fsp3) is 0.667. The fourth-order valence-corrected chi connectivity index (χ4v) is 3.70. The molecule has 5 heteroatoms. The summed E-state index contributed by atoms with van der Waals surface area (Å²) in [6.07, 6.45) is 6.90. The van der Waals surface area contributed by atoms with Gasteiger partial charge >= 0.3 is 5.91 Å². The minimum Gasteiger partial charge on any atom is -0.455 e. The number of nitrogens with zero attached hydrogens (tertiary/aromatic N) is 1. The Hall–Kier alpha value is -1.33. The Morgan fingerprint density at radius 3 is 2.90 bits per heavy atom. The van der Waals surface area contributed by atoms with Crippen LogP contribution in [0.4, 0.5) is 0 Å². The number of nitrogen functional groups attached to an aromatic ring is 1. The minimum atomic E-state index is -0.373. The van der Waals surface area contributed by atoms with Gasteiger partial charge in [-0.15, -0.1) is 0 Å². The van der Waals surface area contributed by atoms with Gasteiger partial charge in [0.1, 0.15) is 5.76 Å². The molecule has 0 aromatic carbocycles. The summed E-state index contributed by atoms with van der Waals surface area (Å²) in [5, 5.41) is 0. The maximum Gasteiger partial charge on any atom is 0.300 e. The molecule has 2 aliphatic rings. The van der Waals surface area contributed by atoms with E-state index in [-0.39, 0.29) is 11.7 Å². The van der Waals surface area contributed by atoms with E-state index in [1.807, 2.05) is 6.07 Å². The molecular weight excluding hydrogens is 254 g/mol. The summed E-state index contributed by atoms with van der Waals surface area (Å²) in [5.41, 5.74) is 2.09. The average Bonchev–Trinajstić information content (AvgIpc) is 2.95. The number of furan rings is 1. The molecule has 2 heterocycles. The molecule has 1 amide bonds. The number of nitrogens with one attached hydrogen (secondary N) is 1. The normalized spacial score (nSPS) is 27.1. The van der Waals surface area contributed by atoms with Crippen LogP contribution in [0.5, 0.6) is 0 Å². The smallest absolute Gasteiger partial charge is 0.300 e. The van der Waals surface area contributed by atoms with Crippen LogP contribution in [0.1, 0.15) is 48.4 Å². The number of carbonyl (C=O) groups excluding carboxylic acids is 1. The molecule has 1 aromatic heterocycles. The number of rotatable bonds is 3. The van der Waals surface area contributed by atoms with E-state index in [0.29, 0.717) is 0 Å². The van der Waals surface area contributed by atoms with E-state index in [0.717, 1.165) is 30.7 Å². The van der Waals surface area contributed by atoms with Crippen LogP contribution in [-0.2, 0) is 6.54 Å². The van der Waals surface area contributed by atoms with Crippen molar-refractivity contribution in [2.24, 2.45) is 17.7 Å². The van der Waals surface area contributed by atoms with Crippen molar-refractivity contribution >= 4 is 5.91 Å². The second-order valence-electron chi connectivity index (χ2n) is 6.07. The van der Waals surface area contributed by atoms with Gasteiger partial charge in [0, 0.05) is 6.54 Å². The Kier molecular flexibility index (Phi) is 4.08. The Labute approximate surface area is 119 Å². The highest BCUT2D eigenvalue weighted by Gasteiger charge is 2.31. The summed E-state index contributed by atoms with van der Waals surface area (Å²) < 4.78 is 5.54. The van der Waals surface area contributed by atoms with Crippen LogP contribution in [0.2, 0.25) is 0 Å². The van der Waals surface area contributed by atoms with Gasteiger partial charge in [0.25, 0.3) is 0 Å². The molecule has 1 saturated heterocycles. The first-order chi connectivity index (χ1) is 9.76.